The zero-order valence-corrected chi connectivity index (χ0v) is 17.1. The topological polar surface area (TPSA) is 68.2 Å². The van der Waals surface area contributed by atoms with Crippen LogP contribution in [0.2, 0.25) is 0 Å². The normalized spacial score (nSPS) is 18.6. The van der Waals surface area contributed by atoms with Crippen molar-refractivity contribution in [3.63, 3.8) is 0 Å². The summed E-state index contributed by atoms with van der Waals surface area (Å²) >= 11 is 0. The second-order valence-corrected chi connectivity index (χ2v) is 7.66. The molecule has 0 saturated carbocycles. The number of rotatable bonds is 7. The third kappa shape index (κ3) is 5.08. The Kier molecular flexibility index (Phi) is 6.27. The van der Waals surface area contributed by atoms with Crippen molar-refractivity contribution in [2.45, 2.75) is 38.0 Å². The predicted molar refractivity (Wildman–Crippen MR) is 111 cm³/mol. The average molecular weight is 426 g/mol. The van der Waals surface area contributed by atoms with Crippen molar-refractivity contribution in [2.75, 3.05) is 7.11 Å². The number of ether oxygens (including phenoxy) is 1. The van der Waals surface area contributed by atoms with E-state index in [4.69, 9.17) is 4.74 Å². The van der Waals surface area contributed by atoms with Gasteiger partial charge in [-0.25, -0.2) is 13.8 Å². The maximum absolute atomic E-state index is 13.7. The molecular weight excluding hydrogens is 402 g/mol. The lowest BCUT2D eigenvalue weighted by Crippen LogP contribution is -2.48. The molecule has 1 saturated heterocycles. The van der Waals surface area contributed by atoms with Crippen LogP contribution in [-0.2, 0) is 17.9 Å². The first-order chi connectivity index (χ1) is 15.0. The van der Waals surface area contributed by atoms with Crippen molar-refractivity contribution >= 4 is 5.91 Å². The van der Waals surface area contributed by atoms with Crippen molar-refractivity contribution in [3.05, 3.63) is 83.4 Å². The number of hydrogen-bond acceptors (Lipinski definition) is 4. The molecule has 0 bridgehead atoms. The fourth-order valence-corrected chi connectivity index (χ4v) is 3.98. The Morgan fingerprint density at radius 3 is 2.74 bits per heavy atom. The molecule has 4 rings (SSSR count). The summed E-state index contributed by atoms with van der Waals surface area (Å²) in [5.74, 6) is -0.656. The van der Waals surface area contributed by atoms with E-state index in [-0.39, 0.29) is 11.9 Å². The Bertz CT molecular complexity index is 1040. The zero-order chi connectivity index (χ0) is 21.8. The number of carbonyl (C=O) groups is 1. The van der Waals surface area contributed by atoms with Crippen LogP contribution in [-0.4, -0.2) is 28.6 Å². The quantitative estimate of drug-likeness (QED) is 0.608. The minimum absolute atomic E-state index is 0.125. The maximum Gasteiger partial charge on any atom is 0.220 e. The second kappa shape index (κ2) is 9.26. The summed E-state index contributed by atoms with van der Waals surface area (Å²) < 4.78 is 34.9. The molecule has 2 atom stereocenters. The van der Waals surface area contributed by atoms with Crippen LogP contribution in [0.3, 0.4) is 0 Å². The first kappa shape index (κ1) is 21.0. The number of methoxy groups -OCH3 is 1. The number of benzene rings is 2. The summed E-state index contributed by atoms with van der Waals surface area (Å²) in [6.07, 6.45) is 6.30. The summed E-state index contributed by atoms with van der Waals surface area (Å²) in [6.45, 7) is 1.16. The van der Waals surface area contributed by atoms with Crippen molar-refractivity contribution in [1.29, 1.82) is 0 Å². The number of carbonyl (C=O) groups excluding carboxylic acids is 1. The van der Waals surface area contributed by atoms with Crippen LogP contribution in [0.15, 0.2) is 55.1 Å². The van der Waals surface area contributed by atoms with Crippen LogP contribution in [0, 0.1) is 11.6 Å². The van der Waals surface area contributed by atoms with E-state index in [0.29, 0.717) is 31.5 Å². The SMILES string of the molecule is COc1ccc(CN[C@@H]2CCC(=O)N[C@H]2c2cc(F)cc(F)c2)cc1Cn1ccnc1. The molecule has 31 heavy (non-hydrogen) atoms. The van der Waals surface area contributed by atoms with Gasteiger partial charge < -0.3 is 19.9 Å². The number of aromatic nitrogens is 2. The molecule has 1 aliphatic rings. The van der Waals surface area contributed by atoms with Gasteiger partial charge in [-0.1, -0.05) is 6.07 Å². The third-order valence-electron chi connectivity index (χ3n) is 5.47. The van der Waals surface area contributed by atoms with Gasteiger partial charge in [0.1, 0.15) is 17.4 Å². The number of amides is 1. The van der Waals surface area contributed by atoms with E-state index in [0.717, 1.165) is 22.9 Å². The number of piperidine rings is 1. The second-order valence-electron chi connectivity index (χ2n) is 7.66. The molecule has 1 fully saturated rings. The minimum atomic E-state index is -0.659. The molecule has 0 aliphatic carbocycles. The molecule has 0 radical (unpaired) electrons. The van der Waals surface area contributed by atoms with Gasteiger partial charge in [0.25, 0.3) is 0 Å². The van der Waals surface area contributed by atoms with Crippen LogP contribution in [0.4, 0.5) is 8.78 Å². The molecule has 2 heterocycles. The van der Waals surface area contributed by atoms with Gasteiger partial charge in [-0.3, -0.25) is 4.79 Å². The lowest BCUT2D eigenvalue weighted by atomic mass is 9.91. The van der Waals surface area contributed by atoms with E-state index >= 15 is 0 Å². The lowest BCUT2D eigenvalue weighted by molar-refractivity contribution is -0.123. The Labute approximate surface area is 179 Å². The Morgan fingerprint density at radius 1 is 1.23 bits per heavy atom. The van der Waals surface area contributed by atoms with E-state index in [1.807, 2.05) is 22.9 Å². The minimum Gasteiger partial charge on any atom is -0.496 e. The summed E-state index contributed by atoms with van der Waals surface area (Å²) in [5.41, 5.74) is 2.47. The molecule has 0 unspecified atom stereocenters. The van der Waals surface area contributed by atoms with Gasteiger partial charge in [-0.05, 0) is 41.8 Å². The highest BCUT2D eigenvalue weighted by molar-refractivity contribution is 5.77. The van der Waals surface area contributed by atoms with Gasteiger partial charge in [-0.2, -0.15) is 0 Å². The smallest absolute Gasteiger partial charge is 0.220 e. The molecule has 6 nitrogen and oxygen atoms in total. The molecule has 8 heteroatoms. The molecule has 0 spiro atoms. The highest BCUT2D eigenvalue weighted by Gasteiger charge is 2.30. The van der Waals surface area contributed by atoms with E-state index in [9.17, 15) is 13.6 Å². The van der Waals surface area contributed by atoms with Crippen LogP contribution >= 0.6 is 0 Å². The van der Waals surface area contributed by atoms with Gasteiger partial charge in [0.2, 0.25) is 5.91 Å². The lowest BCUT2D eigenvalue weighted by Gasteiger charge is -2.33. The average Bonchev–Trinajstić information content (AvgIpc) is 3.25. The Hall–Kier alpha value is -3.26. The molecule has 3 aromatic rings. The number of halogens is 2. The highest BCUT2D eigenvalue weighted by atomic mass is 19.1. The molecule has 1 amide bonds. The molecule has 162 valence electrons. The zero-order valence-electron chi connectivity index (χ0n) is 17.1. The summed E-state index contributed by atoms with van der Waals surface area (Å²) in [5, 5.41) is 6.32. The van der Waals surface area contributed by atoms with Gasteiger partial charge in [0.05, 0.1) is 26.0 Å². The number of nitrogens with one attached hydrogen (secondary N) is 2. The van der Waals surface area contributed by atoms with Crippen LogP contribution in [0.25, 0.3) is 0 Å². The summed E-state index contributed by atoms with van der Waals surface area (Å²) in [7, 11) is 1.64. The number of imidazole rings is 1. The third-order valence-corrected chi connectivity index (χ3v) is 5.47. The van der Waals surface area contributed by atoms with Crippen LogP contribution in [0.1, 0.15) is 35.6 Å². The fraction of sp³-hybridized carbons (Fsp3) is 0.304. The first-order valence-corrected chi connectivity index (χ1v) is 10.1. The standard InChI is InChI=1S/C23H24F2N4O2/c1-31-21-4-2-15(8-17(21)13-29-7-6-26-14-29)12-27-20-3-5-22(30)28-23(20)16-9-18(24)11-19(25)10-16/h2,4,6-11,14,20,23,27H,3,5,12-13H2,1H3,(H,28,30)/t20-,23+/m1/s1. The van der Waals surface area contributed by atoms with Crippen molar-refractivity contribution in [3.8, 4) is 5.75 Å². The van der Waals surface area contributed by atoms with Crippen molar-refractivity contribution in [2.24, 2.45) is 0 Å². The van der Waals surface area contributed by atoms with Crippen LogP contribution in [0.5, 0.6) is 5.75 Å². The van der Waals surface area contributed by atoms with E-state index in [1.165, 1.54) is 12.1 Å². The molecule has 2 aromatic carbocycles. The fourth-order valence-electron chi connectivity index (χ4n) is 3.98. The monoisotopic (exact) mass is 426 g/mol. The number of hydrogen-bond donors (Lipinski definition) is 2. The number of nitrogens with zero attached hydrogens (tertiary/aromatic N) is 2. The highest BCUT2D eigenvalue weighted by Crippen LogP contribution is 2.27. The van der Waals surface area contributed by atoms with Crippen LogP contribution < -0.4 is 15.4 Å². The molecule has 1 aliphatic heterocycles. The molecule has 1 aromatic heterocycles. The van der Waals surface area contributed by atoms with E-state index in [1.54, 1.807) is 19.6 Å². The van der Waals surface area contributed by atoms with Gasteiger partial charge >= 0.3 is 0 Å². The predicted octanol–water partition coefficient (Wildman–Crippen LogP) is 3.33. The Balaban J connectivity index is 1.50. The van der Waals surface area contributed by atoms with E-state index < -0.39 is 17.7 Å². The largest absolute Gasteiger partial charge is 0.496 e. The maximum atomic E-state index is 13.7. The summed E-state index contributed by atoms with van der Waals surface area (Å²) in [4.78, 5) is 16.0. The Morgan fingerprint density at radius 2 is 2.03 bits per heavy atom. The molecular formula is C23H24F2N4O2. The molecule has 2 N–H and O–H groups in total. The van der Waals surface area contributed by atoms with Gasteiger partial charge in [0, 0.05) is 43.0 Å². The van der Waals surface area contributed by atoms with Gasteiger partial charge in [0.15, 0.2) is 0 Å². The van der Waals surface area contributed by atoms with E-state index in [2.05, 4.69) is 21.7 Å². The van der Waals surface area contributed by atoms with Gasteiger partial charge in [-0.15, -0.1) is 0 Å². The summed E-state index contributed by atoms with van der Waals surface area (Å²) in [6, 6.07) is 8.66. The first-order valence-electron chi connectivity index (χ1n) is 10.1. The van der Waals surface area contributed by atoms with Crippen molar-refractivity contribution in [1.82, 2.24) is 20.2 Å². The van der Waals surface area contributed by atoms with Crippen molar-refractivity contribution < 1.29 is 18.3 Å².